The number of aromatic nitrogens is 4. The number of aryl methyl sites for hydroxylation is 1. The molecule has 1 aromatic carbocycles. The number of fused-ring (bicyclic) bond motifs is 1. The fourth-order valence-electron chi connectivity index (χ4n) is 4.68. The van der Waals surface area contributed by atoms with Gasteiger partial charge in [0.1, 0.15) is 5.82 Å². The summed E-state index contributed by atoms with van der Waals surface area (Å²) in [5.41, 5.74) is 0.580. The van der Waals surface area contributed by atoms with Crippen LogP contribution in [0.1, 0.15) is 96.7 Å². The van der Waals surface area contributed by atoms with Crippen LogP contribution in [0.15, 0.2) is 40.1 Å². The van der Waals surface area contributed by atoms with Gasteiger partial charge in [-0.1, -0.05) is 90.2 Å². The van der Waals surface area contributed by atoms with Gasteiger partial charge in [-0.2, -0.15) is 4.39 Å². The Labute approximate surface area is 207 Å². The van der Waals surface area contributed by atoms with Crippen LogP contribution >= 0.6 is 0 Å². The van der Waals surface area contributed by atoms with Gasteiger partial charge in [0.05, 0.1) is 23.8 Å². The number of nitrogens with zero attached hydrogens (tertiary/aromatic N) is 4. The molecule has 0 fully saturated rings. The van der Waals surface area contributed by atoms with E-state index in [2.05, 4.69) is 18.4 Å². The van der Waals surface area contributed by atoms with Crippen molar-refractivity contribution in [1.29, 1.82) is 0 Å². The van der Waals surface area contributed by atoms with Gasteiger partial charge in [-0.25, -0.2) is 9.78 Å². The molecule has 7 heteroatoms. The van der Waals surface area contributed by atoms with Crippen molar-refractivity contribution in [2.75, 3.05) is 0 Å². The van der Waals surface area contributed by atoms with Crippen molar-refractivity contribution in [1.82, 2.24) is 18.7 Å². The van der Waals surface area contributed by atoms with E-state index >= 15 is 0 Å². The predicted molar refractivity (Wildman–Crippen MR) is 141 cm³/mol. The molecule has 0 N–H and O–H groups in total. The molecule has 0 amide bonds. The van der Waals surface area contributed by atoms with E-state index in [4.69, 9.17) is 4.98 Å². The number of unbranched alkanes of at least 4 members (excludes halogenated alkanes) is 10. The van der Waals surface area contributed by atoms with Crippen molar-refractivity contribution in [3.8, 4) is 0 Å². The molecular formula is C28H41FN4O2. The molecule has 0 spiro atoms. The molecule has 2 heterocycles. The van der Waals surface area contributed by atoms with Crippen molar-refractivity contribution in [2.24, 2.45) is 0 Å². The third-order valence-corrected chi connectivity index (χ3v) is 6.71. The molecule has 3 aromatic rings. The van der Waals surface area contributed by atoms with Crippen molar-refractivity contribution < 1.29 is 4.39 Å². The molecular weight excluding hydrogens is 443 g/mol. The van der Waals surface area contributed by atoms with E-state index < -0.39 is 17.1 Å². The second-order valence-electron chi connectivity index (χ2n) is 9.55. The minimum Gasteiger partial charge on any atom is -0.326 e. The number of rotatable bonds is 16. The summed E-state index contributed by atoms with van der Waals surface area (Å²) in [4.78, 5) is 30.3. The molecule has 0 bridgehead atoms. The van der Waals surface area contributed by atoms with E-state index in [9.17, 15) is 14.0 Å². The lowest BCUT2D eigenvalue weighted by Crippen LogP contribution is -2.41. The number of hydrogen-bond acceptors (Lipinski definition) is 3. The molecule has 6 nitrogen and oxygen atoms in total. The zero-order valence-electron chi connectivity index (χ0n) is 21.5. The highest BCUT2D eigenvalue weighted by Crippen LogP contribution is 2.18. The van der Waals surface area contributed by atoms with E-state index in [0.29, 0.717) is 12.2 Å². The normalized spacial score (nSPS) is 11.5. The molecule has 192 valence electrons. The summed E-state index contributed by atoms with van der Waals surface area (Å²) in [6.45, 7) is 5.56. The van der Waals surface area contributed by atoms with Gasteiger partial charge in [0, 0.05) is 13.1 Å². The molecule has 0 unspecified atom stereocenters. The maximum absolute atomic E-state index is 14.5. The lowest BCUT2D eigenvalue weighted by molar-refractivity contribution is 0.469. The Kier molecular flexibility index (Phi) is 10.8. The Balaban J connectivity index is 1.78. The zero-order valence-corrected chi connectivity index (χ0v) is 21.5. The van der Waals surface area contributed by atoms with Gasteiger partial charge in [-0.05, 0) is 25.0 Å². The first-order chi connectivity index (χ1) is 17.1. The second-order valence-corrected chi connectivity index (χ2v) is 9.55. The van der Waals surface area contributed by atoms with Gasteiger partial charge in [0.15, 0.2) is 0 Å². The first-order valence-corrected chi connectivity index (χ1v) is 13.5. The average molecular weight is 485 g/mol. The third kappa shape index (κ3) is 7.39. The first-order valence-electron chi connectivity index (χ1n) is 13.5. The van der Waals surface area contributed by atoms with Crippen LogP contribution in [0.2, 0.25) is 0 Å². The van der Waals surface area contributed by atoms with Crippen LogP contribution in [-0.4, -0.2) is 18.7 Å². The molecule has 0 saturated carbocycles. The van der Waals surface area contributed by atoms with Crippen LogP contribution in [0.3, 0.4) is 0 Å². The minimum absolute atomic E-state index is 0.136. The van der Waals surface area contributed by atoms with Crippen molar-refractivity contribution >= 4 is 11.0 Å². The van der Waals surface area contributed by atoms with Crippen LogP contribution in [-0.2, 0) is 19.6 Å². The Morgan fingerprint density at radius 2 is 1.34 bits per heavy atom. The Hall–Kier alpha value is -2.70. The Morgan fingerprint density at radius 1 is 0.771 bits per heavy atom. The van der Waals surface area contributed by atoms with Gasteiger partial charge in [-0.15, -0.1) is 0 Å². The third-order valence-electron chi connectivity index (χ3n) is 6.71. The van der Waals surface area contributed by atoms with E-state index in [-0.39, 0.29) is 13.1 Å². The standard InChI is InChI=1S/C28H41FN4O2/c1-3-5-7-9-11-15-19-32-25-18-14-13-17-24(25)30-26(32)22-31-21-23(29)27(34)33(28(31)35)20-16-12-10-8-6-4-2/h13-14,17-18,21H,3-12,15-16,19-20,22H2,1-2H3. The van der Waals surface area contributed by atoms with Crippen LogP contribution < -0.4 is 11.2 Å². The van der Waals surface area contributed by atoms with Crippen molar-refractivity contribution in [2.45, 2.75) is 111 Å². The minimum atomic E-state index is -0.894. The SMILES string of the molecule is CCCCCCCCn1c(=O)c(F)cn(Cc2nc3ccccc3n2CCCCCCCC)c1=O. The monoisotopic (exact) mass is 484 g/mol. The van der Waals surface area contributed by atoms with Gasteiger partial charge >= 0.3 is 5.69 Å². The van der Waals surface area contributed by atoms with Crippen LogP contribution in [0.25, 0.3) is 11.0 Å². The summed E-state index contributed by atoms with van der Waals surface area (Å²) in [6, 6.07) is 7.92. The lowest BCUT2D eigenvalue weighted by atomic mass is 10.1. The number of imidazole rings is 1. The topological polar surface area (TPSA) is 61.8 Å². The van der Waals surface area contributed by atoms with Gasteiger partial charge in [0.25, 0.3) is 5.56 Å². The van der Waals surface area contributed by atoms with Crippen LogP contribution in [0.4, 0.5) is 4.39 Å². The lowest BCUT2D eigenvalue weighted by Gasteiger charge is -2.13. The molecule has 0 aliphatic heterocycles. The molecule has 2 aromatic heterocycles. The second kappa shape index (κ2) is 14.0. The Morgan fingerprint density at radius 3 is 2.00 bits per heavy atom. The van der Waals surface area contributed by atoms with E-state index in [1.807, 2.05) is 24.3 Å². The quantitative estimate of drug-likeness (QED) is 0.225. The average Bonchev–Trinajstić information content (AvgIpc) is 3.20. The van der Waals surface area contributed by atoms with Gasteiger partial charge in [-0.3, -0.25) is 13.9 Å². The van der Waals surface area contributed by atoms with E-state index in [0.717, 1.165) is 66.9 Å². The molecule has 0 aliphatic rings. The summed E-state index contributed by atoms with van der Waals surface area (Å²) in [5.74, 6) is -0.180. The molecule has 0 radical (unpaired) electrons. The molecule has 0 aliphatic carbocycles. The van der Waals surface area contributed by atoms with Crippen LogP contribution in [0.5, 0.6) is 0 Å². The summed E-state index contributed by atoms with van der Waals surface area (Å²) >= 11 is 0. The highest BCUT2D eigenvalue weighted by molar-refractivity contribution is 5.75. The maximum atomic E-state index is 14.5. The van der Waals surface area contributed by atoms with Crippen molar-refractivity contribution in [3.05, 3.63) is 62.9 Å². The summed E-state index contributed by atoms with van der Waals surface area (Å²) in [5, 5.41) is 0. The summed E-state index contributed by atoms with van der Waals surface area (Å²) in [7, 11) is 0. The zero-order chi connectivity index (χ0) is 25.0. The molecule has 0 atom stereocenters. The first kappa shape index (κ1) is 26.9. The fraction of sp³-hybridized carbons (Fsp3) is 0.607. The van der Waals surface area contributed by atoms with E-state index in [1.54, 1.807) is 0 Å². The van der Waals surface area contributed by atoms with Gasteiger partial charge in [0.2, 0.25) is 5.82 Å². The molecule has 0 saturated heterocycles. The summed E-state index contributed by atoms with van der Waals surface area (Å²) in [6.07, 6.45) is 14.3. The van der Waals surface area contributed by atoms with E-state index in [1.165, 1.54) is 36.7 Å². The smallest absolute Gasteiger partial charge is 0.326 e. The highest BCUT2D eigenvalue weighted by atomic mass is 19.1. The Bertz CT molecular complexity index is 1180. The highest BCUT2D eigenvalue weighted by Gasteiger charge is 2.15. The number of halogens is 1. The summed E-state index contributed by atoms with van der Waals surface area (Å²) < 4.78 is 19.0. The van der Waals surface area contributed by atoms with Crippen LogP contribution in [0, 0.1) is 5.82 Å². The predicted octanol–water partition coefficient (Wildman–Crippen LogP) is 6.27. The van der Waals surface area contributed by atoms with Crippen molar-refractivity contribution in [3.63, 3.8) is 0 Å². The molecule has 3 rings (SSSR count). The number of benzene rings is 1. The molecule has 35 heavy (non-hydrogen) atoms. The van der Waals surface area contributed by atoms with Gasteiger partial charge < -0.3 is 4.57 Å². The maximum Gasteiger partial charge on any atom is 0.331 e. The largest absolute Gasteiger partial charge is 0.331 e. The number of para-hydroxylation sites is 2. The fourth-order valence-corrected chi connectivity index (χ4v) is 4.68. The number of hydrogen-bond donors (Lipinski definition) is 0.